The zero-order valence-corrected chi connectivity index (χ0v) is 14.1. The van der Waals surface area contributed by atoms with Crippen molar-refractivity contribution in [2.75, 3.05) is 13.3 Å². The molecular formula is C17H17FN2O6. The van der Waals surface area contributed by atoms with Crippen LogP contribution in [-0.4, -0.2) is 53.1 Å². The number of nitrogens with zero attached hydrogens (tertiary/aromatic N) is 2. The summed E-state index contributed by atoms with van der Waals surface area (Å²) < 4.78 is 22.7. The zero-order chi connectivity index (χ0) is 18.8. The minimum absolute atomic E-state index is 0.0249. The third-order valence-electron chi connectivity index (χ3n) is 4.34. The van der Waals surface area contributed by atoms with E-state index >= 15 is 0 Å². The molecule has 1 atom stereocenters. The maximum Gasteiger partial charge on any atom is 0.510 e. The van der Waals surface area contributed by atoms with Gasteiger partial charge in [-0.05, 0) is 31.0 Å². The van der Waals surface area contributed by atoms with Crippen LogP contribution in [0.1, 0.15) is 35.7 Å². The Labute approximate surface area is 148 Å². The van der Waals surface area contributed by atoms with Crippen molar-refractivity contribution in [2.45, 2.75) is 32.4 Å². The number of likely N-dealkylation sites (tertiary alicyclic amines) is 1. The molecule has 3 amide bonds. The molecule has 2 aliphatic rings. The predicted molar refractivity (Wildman–Crippen MR) is 84.1 cm³/mol. The Morgan fingerprint density at radius 1 is 1.27 bits per heavy atom. The Balaban J connectivity index is 1.73. The van der Waals surface area contributed by atoms with Crippen LogP contribution in [0.2, 0.25) is 0 Å². The van der Waals surface area contributed by atoms with E-state index < -0.39 is 42.5 Å². The van der Waals surface area contributed by atoms with E-state index in [-0.39, 0.29) is 31.6 Å². The Morgan fingerprint density at radius 3 is 2.77 bits per heavy atom. The van der Waals surface area contributed by atoms with Gasteiger partial charge in [-0.25, -0.2) is 14.1 Å². The lowest BCUT2D eigenvalue weighted by Crippen LogP contribution is -2.55. The number of amides is 3. The Morgan fingerprint density at radius 2 is 2.04 bits per heavy atom. The van der Waals surface area contributed by atoms with Crippen molar-refractivity contribution in [1.82, 2.24) is 9.80 Å². The van der Waals surface area contributed by atoms with Crippen LogP contribution >= 0.6 is 0 Å². The molecule has 0 aromatic heterocycles. The van der Waals surface area contributed by atoms with Crippen LogP contribution < -0.4 is 0 Å². The summed E-state index contributed by atoms with van der Waals surface area (Å²) in [4.78, 5) is 50.6. The van der Waals surface area contributed by atoms with Crippen molar-refractivity contribution in [3.05, 3.63) is 35.1 Å². The van der Waals surface area contributed by atoms with Gasteiger partial charge in [-0.15, -0.1) is 0 Å². The van der Waals surface area contributed by atoms with Gasteiger partial charge >= 0.3 is 6.16 Å². The van der Waals surface area contributed by atoms with Gasteiger partial charge in [0.1, 0.15) is 11.9 Å². The first-order valence-corrected chi connectivity index (χ1v) is 8.15. The van der Waals surface area contributed by atoms with Gasteiger partial charge in [0, 0.05) is 18.5 Å². The minimum atomic E-state index is -0.990. The molecule has 0 radical (unpaired) electrons. The van der Waals surface area contributed by atoms with Crippen LogP contribution in [0.3, 0.4) is 0 Å². The van der Waals surface area contributed by atoms with Crippen LogP contribution in [0.15, 0.2) is 18.2 Å². The van der Waals surface area contributed by atoms with Crippen molar-refractivity contribution >= 4 is 23.9 Å². The number of hydrogen-bond acceptors (Lipinski definition) is 6. The molecule has 1 unspecified atom stereocenters. The first-order chi connectivity index (χ1) is 12.4. The lowest BCUT2D eigenvalue weighted by Gasteiger charge is -2.34. The van der Waals surface area contributed by atoms with E-state index in [1.807, 2.05) is 0 Å². The monoisotopic (exact) mass is 364 g/mol. The van der Waals surface area contributed by atoms with Gasteiger partial charge < -0.3 is 14.4 Å². The Hall–Kier alpha value is -2.97. The lowest BCUT2D eigenvalue weighted by atomic mass is 10.0. The lowest BCUT2D eigenvalue weighted by molar-refractivity contribution is -0.157. The standard InChI is InChI=1S/C17H17FN2O6/c1-2-25-17(24)26-9-20-14(21)6-5-13(16(20)23)19-8-10-3-4-11(18)7-12(10)15(19)22/h3-4,7,13H,2,5-6,8-9H2,1H3. The highest BCUT2D eigenvalue weighted by molar-refractivity contribution is 6.05. The van der Waals surface area contributed by atoms with Crippen LogP contribution in [0.5, 0.6) is 0 Å². The molecule has 1 aromatic rings. The van der Waals surface area contributed by atoms with E-state index in [0.29, 0.717) is 5.56 Å². The maximum absolute atomic E-state index is 13.4. The first-order valence-electron chi connectivity index (χ1n) is 8.15. The molecule has 0 N–H and O–H groups in total. The second kappa shape index (κ2) is 7.11. The van der Waals surface area contributed by atoms with E-state index in [0.717, 1.165) is 11.0 Å². The smallest absolute Gasteiger partial charge is 0.435 e. The summed E-state index contributed by atoms with van der Waals surface area (Å²) in [7, 11) is 0. The van der Waals surface area contributed by atoms with E-state index in [4.69, 9.17) is 4.74 Å². The molecule has 0 aliphatic carbocycles. The van der Waals surface area contributed by atoms with Gasteiger partial charge in [0.2, 0.25) is 5.91 Å². The SMILES string of the molecule is CCOC(=O)OCN1C(=O)CCC(N2Cc3ccc(F)cc3C2=O)C1=O. The highest BCUT2D eigenvalue weighted by Crippen LogP contribution is 2.29. The number of benzene rings is 1. The molecule has 26 heavy (non-hydrogen) atoms. The summed E-state index contributed by atoms with van der Waals surface area (Å²) in [6, 6.07) is 3.02. The predicted octanol–water partition coefficient (Wildman–Crippen LogP) is 1.43. The van der Waals surface area contributed by atoms with Gasteiger partial charge in [-0.3, -0.25) is 14.4 Å². The van der Waals surface area contributed by atoms with Crippen molar-refractivity contribution in [1.29, 1.82) is 0 Å². The summed E-state index contributed by atoms with van der Waals surface area (Å²) in [6.45, 7) is 1.27. The fourth-order valence-electron chi connectivity index (χ4n) is 3.07. The summed E-state index contributed by atoms with van der Waals surface area (Å²) in [5.41, 5.74) is 0.833. The molecule has 2 heterocycles. The van der Waals surface area contributed by atoms with Crippen LogP contribution in [0.4, 0.5) is 9.18 Å². The number of hydrogen-bond donors (Lipinski definition) is 0. The summed E-state index contributed by atoms with van der Waals surface area (Å²) in [5, 5.41) is 0. The third kappa shape index (κ3) is 3.24. The van der Waals surface area contributed by atoms with Gasteiger partial charge in [-0.2, -0.15) is 0 Å². The minimum Gasteiger partial charge on any atom is -0.435 e. The molecule has 1 fully saturated rings. The largest absolute Gasteiger partial charge is 0.510 e. The highest BCUT2D eigenvalue weighted by Gasteiger charge is 2.43. The van der Waals surface area contributed by atoms with Gasteiger partial charge in [-0.1, -0.05) is 6.07 Å². The van der Waals surface area contributed by atoms with E-state index in [9.17, 15) is 23.6 Å². The molecule has 3 rings (SSSR count). The maximum atomic E-state index is 13.4. The topological polar surface area (TPSA) is 93.2 Å². The number of ether oxygens (including phenoxy) is 2. The number of carbonyl (C=O) groups is 4. The van der Waals surface area contributed by atoms with Crippen molar-refractivity contribution < 1.29 is 33.0 Å². The van der Waals surface area contributed by atoms with Gasteiger partial charge in [0.15, 0.2) is 6.73 Å². The number of halogens is 1. The van der Waals surface area contributed by atoms with Crippen LogP contribution in [0, 0.1) is 5.82 Å². The number of carbonyl (C=O) groups excluding carboxylic acids is 4. The highest BCUT2D eigenvalue weighted by atomic mass is 19.1. The second-order valence-corrected chi connectivity index (χ2v) is 5.91. The zero-order valence-electron chi connectivity index (χ0n) is 14.1. The summed E-state index contributed by atoms with van der Waals surface area (Å²) in [5.74, 6) is -2.12. The van der Waals surface area contributed by atoms with Gasteiger partial charge in [0.25, 0.3) is 11.8 Å². The van der Waals surface area contributed by atoms with E-state index in [1.54, 1.807) is 6.92 Å². The molecule has 0 spiro atoms. The molecule has 1 saturated heterocycles. The molecule has 0 saturated carbocycles. The summed E-state index contributed by atoms with van der Waals surface area (Å²) in [6.07, 6.45) is -0.803. The van der Waals surface area contributed by atoms with Crippen molar-refractivity contribution in [2.24, 2.45) is 0 Å². The average molecular weight is 364 g/mol. The number of fused-ring (bicyclic) bond motifs is 1. The first kappa shape index (κ1) is 17.8. The molecule has 9 heteroatoms. The number of rotatable bonds is 4. The average Bonchev–Trinajstić information content (AvgIpc) is 2.91. The fourth-order valence-corrected chi connectivity index (χ4v) is 3.07. The van der Waals surface area contributed by atoms with E-state index in [2.05, 4.69) is 4.74 Å². The molecule has 0 bridgehead atoms. The fraction of sp³-hybridized carbons (Fsp3) is 0.412. The number of imide groups is 1. The van der Waals surface area contributed by atoms with Crippen molar-refractivity contribution in [3.8, 4) is 0 Å². The third-order valence-corrected chi connectivity index (χ3v) is 4.34. The second-order valence-electron chi connectivity index (χ2n) is 5.91. The molecule has 8 nitrogen and oxygen atoms in total. The van der Waals surface area contributed by atoms with Crippen molar-refractivity contribution in [3.63, 3.8) is 0 Å². The molecule has 2 aliphatic heterocycles. The normalized spacial score (nSPS) is 19.6. The van der Waals surface area contributed by atoms with Crippen LogP contribution in [-0.2, 0) is 25.6 Å². The summed E-state index contributed by atoms with van der Waals surface area (Å²) >= 11 is 0. The molecule has 138 valence electrons. The number of piperidine rings is 1. The van der Waals surface area contributed by atoms with Crippen LogP contribution in [0.25, 0.3) is 0 Å². The Bertz CT molecular complexity index is 781. The molecular weight excluding hydrogens is 347 g/mol. The molecule has 1 aromatic carbocycles. The van der Waals surface area contributed by atoms with E-state index in [1.165, 1.54) is 17.0 Å². The quantitative estimate of drug-likeness (QED) is 0.593. The van der Waals surface area contributed by atoms with Gasteiger partial charge in [0.05, 0.1) is 6.61 Å². The Kier molecular flexibility index (Phi) is 4.88.